The van der Waals surface area contributed by atoms with E-state index in [1.807, 2.05) is 0 Å². The number of carbonyl (C=O) groups is 1. The molecule has 0 amide bonds. The molecule has 0 aliphatic heterocycles. The second kappa shape index (κ2) is 7.24. The van der Waals surface area contributed by atoms with E-state index in [9.17, 15) is 26.7 Å². The molecule has 0 bridgehead atoms. The zero-order valence-electron chi connectivity index (χ0n) is 14.7. The summed E-state index contributed by atoms with van der Waals surface area (Å²) in [5, 5.41) is 2.16. The van der Waals surface area contributed by atoms with Crippen LogP contribution in [0.3, 0.4) is 0 Å². The molecule has 1 aromatic heterocycles. The fourth-order valence-electron chi connectivity index (χ4n) is 2.52. The molecule has 12 heteroatoms. The van der Waals surface area contributed by atoms with Gasteiger partial charge in [-0.2, -0.15) is 27.1 Å². The highest BCUT2D eigenvalue weighted by Crippen LogP contribution is 2.38. The molecule has 0 fully saturated rings. The van der Waals surface area contributed by atoms with E-state index in [0.717, 1.165) is 19.4 Å². The van der Waals surface area contributed by atoms with Crippen LogP contribution in [-0.2, 0) is 27.4 Å². The molecule has 0 spiro atoms. The number of alkyl halides is 5. The van der Waals surface area contributed by atoms with Gasteiger partial charge < -0.3 is 9.47 Å². The van der Waals surface area contributed by atoms with Crippen LogP contribution >= 0.6 is 0 Å². The van der Waals surface area contributed by atoms with Crippen LogP contribution in [-0.4, -0.2) is 44.7 Å². The topological polar surface area (TPSA) is 53.4 Å². The third-order valence-corrected chi connectivity index (χ3v) is 3.69. The summed E-state index contributed by atoms with van der Waals surface area (Å²) < 4.78 is 77.1. The Balaban J connectivity index is 2.41. The van der Waals surface area contributed by atoms with Crippen LogP contribution < -0.4 is 4.74 Å². The summed E-state index contributed by atoms with van der Waals surface area (Å²) >= 11 is 0. The van der Waals surface area contributed by atoms with Crippen molar-refractivity contribution in [3.05, 3.63) is 47.8 Å². The van der Waals surface area contributed by atoms with Crippen molar-refractivity contribution in [2.75, 3.05) is 7.11 Å². The van der Waals surface area contributed by atoms with Crippen LogP contribution in [0.4, 0.5) is 22.0 Å². The van der Waals surface area contributed by atoms with Gasteiger partial charge in [-0.1, -0.05) is 12.1 Å². The molecule has 0 unspecified atom stereocenters. The highest BCUT2D eigenvalue weighted by Gasteiger charge is 2.45. The number of benzene rings is 1. The molecule has 1 aromatic carbocycles. The van der Waals surface area contributed by atoms with Gasteiger partial charge in [-0.15, -0.1) is 0 Å². The molecule has 0 atom stereocenters. The number of para-hydroxylation sites is 1. The van der Waals surface area contributed by atoms with Gasteiger partial charge in [-0.25, -0.2) is 4.79 Å². The Morgan fingerprint density at radius 2 is 1.78 bits per heavy atom. The summed E-state index contributed by atoms with van der Waals surface area (Å²) in [6.07, 6.45) is -3.37. The smallest absolute Gasteiger partial charge is 0.408 e. The highest BCUT2D eigenvalue weighted by molar-refractivity contribution is 6.38. The van der Waals surface area contributed by atoms with Crippen molar-refractivity contribution in [1.29, 1.82) is 0 Å². The van der Waals surface area contributed by atoms with E-state index in [0.29, 0.717) is 4.68 Å². The molecular formula is C15H15B2F5N2O3. The average molecular weight is 388 g/mol. The van der Waals surface area contributed by atoms with Crippen LogP contribution in [0.1, 0.15) is 11.3 Å². The maximum atomic E-state index is 14.3. The fourth-order valence-corrected chi connectivity index (χ4v) is 2.52. The Bertz CT molecular complexity index is 824. The minimum absolute atomic E-state index is 0.0241. The predicted molar refractivity (Wildman–Crippen MR) is 90.0 cm³/mol. The zero-order valence-corrected chi connectivity index (χ0v) is 14.7. The highest BCUT2D eigenvalue weighted by atomic mass is 19.4. The molecule has 1 heterocycles. The first-order chi connectivity index (χ1) is 12.4. The quantitative estimate of drug-likeness (QED) is 0.424. The second-order valence-corrected chi connectivity index (χ2v) is 6.16. The third kappa shape index (κ3) is 4.61. The Morgan fingerprint density at radius 3 is 2.37 bits per heavy atom. The maximum Gasteiger partial charge on any atom is 0.408 e. The van der Waals surface area contributed by atoms with Crippen LogP contribution in [0.15, 0.2) is 36.5 Å². The number of rotatable bonds is 6. The lowest BCUT2D eigenvalue weighted by Crippen LogP contribution is -2.39. The summed E-state index contributed by atoms with van der Waals surface area (Å²) in [6.45, 7) is -1.36. The van der Waals surface area contributed by atoms with Crippen molar-refractivity contribution in [2.24, 2.45) is 0 Å². The minimum Gasteiger partial charge on any atom is -0.499 e. The van der Waals surface area contributed by atoms with Crippen molar-refractivity contribution >= 4 is 21.7 Å². The molecule has 0 radical (unpaired) electrons. The summed E-state index contributed by atoms with van der Waals surface area (Å²) in [5.41, 5.74) is -0.733. The van der Waals surface area contributed by atoms with Crippen LogP contribution in [0.25, 0.3) is 0 Å². The summed E-state index contributed by atoms with van der Waals surface area (Å²) in [7, 11) is 3.63. The van der Waals surface area contributed by atoms with Gasteiger partial charge >= 0.3 is 18.1 Å². The number of hydrogen-bond acceptors (Lipinski definition) is 4. The standard InChI is InChI=1S/C15H15B2F5N2O3/c1-26-12(25)14(21,22)9-4-2-3-5-10(9)27-15(16,17)11-6-7-23-24(11)8-13(18,19)20/h2-7H,8,16-17H2,1H3. The van der Waals surface area contributed by atoms with E-state index in [1.54, 1.807) is 0 Å². The van der Waals surface area contributed by atoms with E-state index in [2.05, 4.69) is 9.84 Å². The van der Waals surface area contributed by atoms with Gasteiger partial charge in [0.2, 0.25) is 0 Å². The molecule has 0 aliphatic carbocycles. The summed E-state index contributed by atoms with van der Waals surface area (Å²) in [5.74, 6) is -6.13. The Labute approximate surface area is 153 Å². The maximum absolute atomic E-state index is 14.3. The monoisotopic (exact) mass is 388 g/mol. The number of hydrogen-bond donors (Lipinski definition) is 0. The zero-order chi connectivity index (χ0) is 20.5. The number of methoxy groups -OCH3 is 1. The number of aromatic nitrogens is 2. The first-order valence-corrected chi connectivity index (χ1v) is 7.72. The lowest BCUT2D eigenvalue weighted by Gasteiger charge is -2.30. The molecular weight excluding hydrogens is 373 g/mol. The Morgan fingerprint density at radius 1 is 1.15 bits per heavy atom. The van der Waals surface area contributed by atoms with E-state index < -0.39 is 35.6 Å². The van der Waals surface area contributed by atoms with Gasteiger partial charge in [-0.3, -0.25) is 4.68 Å². The second-order valence-electron chi connectivity index (χ2n) is 6.16. The Hall–Kier alpha value is -2.52. The predicted octanol–water partition coefficient (Wildman–Crippen LogP) is 1.17. The summed E-state index contributed by atoms with van der Waals surface area (Å²) in [6, 6.07) is 6.15. The van der Waals surface area contributed by atoms with Crippen LogP contribution in [0.2, 0.25) is 0 Å². The molecule has 0 saturated heterocycles. The molecule has 2 aromatic rings. The number of esters is 1. The molecule has 2 rings (SSSR count). The number of carbonyl (C=O) groups excluding carboxylic acids is 1. The van der Waals surface area contributed by atoms with Gasteiger partial charge in [0.1, 0.15) is 12.3 Å². The van der Waals surface area contributed by atoms with Gasteiger partial charge in [-0.05, 0) is 18.2 Å². The first kappa shape index (κ1) is 20.8. The number of ether oxygens (including phenoxy) is 2. The third-order valence-electron chi connectivity index (χ3n) is 3.69. The molecule has 0 aliphatic rings. The molecule has 0 N–H and O–H groups in total. The van der Waals surface area contributed by atoms with Gasteiger partial charge in [0.25, 0.3) is 0 Å². The minimum atomic E-state index is -4.52. The Kier molecular flexibility index (Phi) is 5.58. The van der Waals surface area contributed by atoms with Crippen molar-refractivity contribution < 1.29 is 36.2 Å². The van der Waals surface area contributed by atoms with Crippen molar-refractivity contribution in [3.8, 4) is 5.75 Å². The van der Waals surface area contributed by atoms with E-state index in [4.69, 9.17) is 4.74 Å². The molecule has 27 heavy (non-hydrogen) atoms. The van der Waals surface area contributed by atoms with Crippen molar-refractivity contribution in [2.45, 2.75) is 24.0 Å². The van der Waals surface area contributed by atoms with Crippen LogP contribution in [0.5, 0.6) is 5.75 Å². The summed E-state index contributed by atoms with van der Waals surface area (Å²) in [4.78, 5) is 11.4. The molecule has 0 saturated carbocycles. The first-order valence-electron chi connectivity index (χ1n) is 7.72. The lowest BCUT2D eigenvalue weighted by molar-refractivity contribution is -0.170. The largest absolute Gasteiger partial charge is 0.499 e. The number of nitrogens with zero attached hydrogens (tertiary/aromatic N) is 2. The van der Waals surface area contributed by atoms with Crippen molar-refractivity contribution in [1.82, 2.24) is 9.78 Å². The van der Waals surface area contributed by atoms with Crippen molar-refractivity contribution in [3.63, 3.8) is 0 Å². The van der Waals surface area contributed by atoms with E-state index in [1.165, 1.54) is 40.0 Å². The SMILES string of the molecule is BC(B)(Oc1ccccc1C(F)(F)C(=O)OC)c1ccnn1CC(F)(F)F. The molecule has 5 nitrogen and oxygen atoms in total. The van der Waals surface area contributed by atoms with Crippen LogP contribution in [0, 0.1) is 0 Å². The van der Waals surface area contributed by atoms with Gasteiger partial charge in [0, 0.05) is 6.20 Å². The fraction of sp³-hybridized carbons (Fsp3) is 0.333. The molecule has 144 valence electrons. The van der Waals surface area contributed by atoms with E-state index in [-0.39, 0.29) is 11.4 Å². The lowest BCUT2D eigenvalue weighted by atomic mass is 9.63. The number of halogens is 5. The van der Waals surface area contributed by atoms with Gasteiger partial charge in [0.15, 0.2) is 15.7 Å². The van der Waals surface area contributed by atoms with Gasteiger partial charge in [0.05, 0.1) is 23.8 Å². The van der Waals surface area contributed by atoms with E-state index >= 15 is 0 Å². The average Bonchev–Trinajstić information content (AvgIpc) is 3.01. The normalized spacial score (nSPS) is 12.7.